The highest BCUT2D eigenvalue weighted by molar-refractivity contribution is 6.11. The maximum absolute atomic E-state index is 6.10. The third-order valence-corrected chi connectivity index (χ3v) is 11.8. The first kappa shape index (κ1) is 30.4. The molecular formula is C52H34N2O. The van der Waals surface area contributed by atoms with E-state index in [0.717, 1.165) is 34.8 Å². The first-order valence-electron chi connectivity index (χ1n) is 19.1. The molecule has 258 valence electrons. The summed E-state index contributed by atoms with van der Waals surface area (Å²) in [6, 6.07) is 62.0. The molecular weight excluding hydrogens is 669 g/mol. The second kappa shape index (κ2) is 11.7. The average Bonchev–Trinajstić information content (AvgIpc) is 3.90. The Morgan fingerprint density at radius 2 is 1.02 bits per heavy atom. The summed E-state index contributed by atoms with van der Waals surface area (Å²) in [6.07, 6.45) is 6.73. The molecule has 8 aromatic carbocycles. The summed E-state index contributed by atoms with van der Waals surface area (Å²) in [6.45, 7) is 0. The van der Waals surface area contributed by atoms with Crippen LogP contribution in [0.2, 0.25) is 0 Å². The van der Waals surface area contributed by atoms with Crippen LogP contribution in [-0.4, -0.2) is 9.13 Å². The van der Waals surface area contributed by atoms with Gasteiger partial charge >= 0.3 is 0 Å². The number of rotatable bonds is 4. The van der Waals surface area contributed by atoms with E-state index in [9.17, 15) is 0 Å². The summed E-state index contributed by atoms with van der Waals surface area (Å²) >= 11 is 0. The first-order valence-corrected chi connectivity index (χ1v) is 19.1. The molecule has 3 heterocycles. The van der Waals surface area contributed by atoms with Crippen molar-refractivity contribution in [3.05, 3.63) is 187 Å². The van der Waals surface area contributed by atoms with Crippen LogP contribution in [0.5, 0.6) is 0 Å². The summed E-state index contributed by atoms with van der Waals surface area (Å²) in [5.41, 5.74) is 15.5. The lowest BCUT2D eigenvalue weighted by Crippen LogP contribution is -2.02. The van der Waals surface area contributed by atoms with Crippen LogP contribution in [0.4, 0.5) is 0 Å². The molecule has 0 unspecified atom stereocenters. The van der Waals surface area contributed by atoms with Gasteiger partial charge in [0, 0.05) is 49.6 Å². The molecule has 0 spiro atoms. The first-order chi connectivity index (χ1) is 27.2. The van der Waals surface area contributed by atoms with E-state index in [1.165, 1.54) is 88.4 Å². The molecule has 0 fully saturated rings. The van der Waals surface area contributed by atoms with Gasteiger partial charge in [-0.15, -0.1) is 0 Å². The summed E-state index contributed by atoms with van der Waals surface area (Å²) in [5, 5.41) is 8.61. The average molecular weight is 703 g/mol. The largest absolute Gasteiger partial charge is 0.456 e. The number of aromatic nitrogens is 2. The van der Waals surface area contributed by atoms with Crippen LogP contribution in [-0.2, 0) is 6.42 Å². The molecule has 55 heavy (non-hydrogen) atoms. The molecule has 0 saturated heterocycles. The van der Waals surface area contributed by atoms with Gasteiger partial charge in [-0.2, -0.15) is 0 Å². The molecule has 3 nitrogen and oxygen atoms in total. The van der Waals surface area contributed by atoms with E-state index in [1.807, 2.05) is 12.1 Å². The van der Waals surface area contributed by atoms with E-state index >= 15 is 0 Å². The Morgan fingerprint density at radius 3 is 1.89 bits per heavy atom. The lowest BCUT2D eigenvalue weighted by Gasteiger charge is -2.14. The standard InChI is InChI=1S/C52H34N2O/c1-2-10-39(11-3-1)53-47-15-7-4-12-41(47)44-30-36(21-25-49(44)53)37-22-26-50-45(31-37)42-13-5-8-16-48(42)54(50)40-24-20-34-28-33(18-19-35(34)29-40)38-23-27-52-46(32-38)43-14-6-9-17-51(43)55-52/h1-7,9-15,17-32H,8,16H2. The van der Waals surface area contributed by atoms with E-state index in [-0.39, 0.29) is 0 Å². The van der Waals surface area contributed by atoms with Gasteiger partial charge in [-0.05, 0) is 125 Å². The highest BCUT2D eigenvalue weighted by Crippen LogP contribution is 2.40. The van der Waals surface area contributed by atoms with Crippen LogP contribution in [0, 0.1) is 0 Å². The monoisotopic (exact) mass is 702 g/mol. The Morgan fingerprint density at radius 1 is 0.400 bits per heavy atom. The Balaban J connectivity index is 0.952. The number of nitrogens with zero attached hydrogens (tertiary/aromatic N) is 2. The molecule has 0 amide bonds. The second-order valence-corrected chi connectivity index (χ2v) is 14.8. The Hall–Kier alpha value is -7.10. The van der Waals surface area contributed by atoms with Crippen molar-refractivity contribution in [2.75, 3.05) is 0 Å². The zero-order chi connectivity index (χ0) is 36.0. The fourth-order valence-corrected chi connectivity index (χ4v) is 9.16. The zero-order valence-electron chi connectivity index (χ0n) is 30.0. The van der Waals surface area contributed by atoms with Crippen molar-refractivity contribution >= 4 is 71.5 Å². The second-order valence-electron chi connectivity index (χ2n) is 14.8. The van der Waals surface area contributed by atoms with Gasteiger partial charge < -0.3 is 13.6 Å². The van der Waals surface area contributed by atoms with Crippen LogP contribution >= 0.6 is 0 Å². The quantitative estimate of drug-likeness (QED) is 0.179. The van der Waals surface area contributed by atoms with Crippen LogP contribution < -0.4 is 0 Å². The van der Waals surface area contributed by atoms with E-state index in [0.29, 0.717) is 0 Å². The number of para-hydroxylation sites is 3. The maximum atomic E-state index is 6.10. The number of furan rings is 1. The molecule has 0 saturated carbocycles. The molecule has 12 rings (SSSR count). The van der Waals surface area contributed by atoms with E-state index < -0.39 is 0 Å². The van der Waals surface area contributed by atoms with Crippen molar-refractivity contribution in [1.82, 2.24) is 9.13 Å². The summed E-state index contributed by atoms with van der Waals surface area (Å²) in [4.78, 5) is 0. The number of benzene rings is 8. The minimum atomic E-state index is 0.924. The van der Waals surface area contributed by atoms with Crippen molar-refractivity contribution in [2.45, 2.75) is 12.8 Å². The summed E-state index contributed by atoms with van der Waals surface area (Å²) in [7, 11) is 0. The van der Waals surface area contributed by atoms with Gasteiger partial charge in [0.05, 0.1) is 16.6 Å². The highest BCUT2D eigenvalue weighted by atomic mass is 16.3. The maximum Gasteiger partial charge on any atom is 0.135 e. The minimum absolute atomic E-state index is 0.924. The molecule has 0 aliphatic heterocycles. The normalized spacial score (nSPS) is 12.9. The molecule has 3 heteroatoms. The van der Waals surface area contributed by atoms with E-state index in [4.69, 9.17) is 4.42 Å². The predicted molar refractivity (Wildman–Crippen MR) is 231 cm³/mol. The number of hydrogen-bond donors (Lipinski definition) is 0. The molecule has 0 N–H and O–H groups in total. The van der Waals surface area contributed by atoms with Crippen molar-refractivity contribution in [3.8, 4) is 33.6 Å². The lowest BCUT2D eigenvalue weighted by atomic mass is 9.98. The van der Waals surface area contributed by atoms with Crippen LogP contribution in [0.3, 0.4) is 0 Å². The van der Waals surface area contributed by atoms with Crippen LogP contribution in [0.25, 0.3) is 105 Å². The SMILES string of the molecule is C1=Cc2c(n(-c3ccc4cc(-c5ccc6oc7ccccc7c6c5)ccc4c3)c3ccc(-c4ccc5c(c4)c4ccccc4n5-c4ccccc4)cc23)CC1. The molecule has 11 aromatic rings. The van der Waals surface area contributed by atoms with Crippen molar-refractivity contribution in [1.29, 1.82) is 0 Å². The van der Waals surface area contributed by atoms with Gasteiger partial charge in [-0.3, -0.25) is 0 Å². The number of allylic oxidation sites excluding steroid dienone is 1. The lowest BCUT2D eigenvalue weighted by molar-refractivity contribution is 0.669. The minimum Gasteiger partial charge on any atom is -0.456 e. The smallest absolute Gasteiger partial charge is 0.135 e. The summed E-state index contributed by atoms with van der Waals surface area (Å²) < 4.78 is 11.0. The number of fused-ring (bicyclic) bond motifs is 10. The van der Waals surface area contributed by atoms with Crippen LogP contribution in [0.15, 0.2) is 180 Å². The molecule has 1 aliphatic rings. The molecule has 0 radical (unpaired) electrons. The topological polar surface area (TPSA) is 23.0 Å². The predicted octanol–water partition coefficient (Wildman–Crippen LogP) is 14.1. The third kappa shape index (κ3) is 4.63. The van der Waals surface area contributed by atoms with Crippen LogP contribution in [0.1, 0.15) is 17.7 Å². The Labute approximate surface area is 317 Å². The summed E-state index contributed by atoms with van der Waals surface area (Å²) in [5.74, 6) is 0. The molecule has 0 atom stereocenters. The van der Waals surface area contributed by atoms with Crippen molar-refractivity contribution in [2.24, 2.45) is 0 Å². The van der Waals surface area contributed by atoms with Gasteiger partial charge in [0.25, 0.3) is 0 Å². The van der Waals surface area contributed by atoms with Crippen molar-refractivity contribution in [3.63, 3.8) is 0 Å². The van der Waals surface area contributed by atoms with Gasteiger partial charge in [-0.1, -0.05) is 103 Å². The van der Waals surface area contributed by atoms with E-state index in [2.05, 4.69) is 179 Å². The van der Waals surface area contributed by atoms with Crippen molar-refractivity contribution < 1.29 is 4.42 Å². The highest BCUT2D eigenvalue weighted by Gasteiger charge is 2.20. The Kier molecular flexibility index (Phi) is 6.46. The molecule has 1 aliphatic carbocycles. The van der Waals surface area contributed by atoms with Gasteiger partial charge in [0.2, 0.25) is 0 Å². The fourth-order valence-electron chi connectivity index (χ4n) is 9.16. The molecule has 0 bridgehead atoms. The van der Waals surface area contributed by atoms with Gasteiger partial charge in [-0.25, -0.2) is 0 Å². The third-order valence-electron chi connectivity index (χ3n) is 11.8. The zero-order valence-corrected chi connectivity index (χ0v) is 30.0. The number of hydrogen-bond acceptors (Lipinski definition) is 1. The van der Waals surface area contributed by atoms with Gasteiger partial charge in [0.1, 0.15) is 11.2 Å². The van der Waals surface area contributed by atoms with Gasteiger partial charge in [0.15, 0.2) is 0 Å². The Bertz CT molecular complexity index is 3370. The van der Waals surface area contributed by atoms with E-state index in [1.54, 1.807) is 0 Å². The molecule has 3 aromatic heterocycles. The fraction of sp³-hybridized carbons (Fsp3) is 0.0385.